The fourth-order valence-corrected chi connectivity index (χ4v) is 3.84. The van der Waals surface area contributed by atoms with Crippen molar-refractivity contribution < 1.29 is 13.2 Å². The van der Waals surface area contributed by atoms with Crippen LogP contribution in [0.5, 0.6) is 0 Å². The van der Waals surface area contributed by atoms with Crippen molar-refractivity contribution in [2.75, 3.05) is 0 Å². The van der Waals surface area contributed by atoms with Crippen molar-refractivity contribution in [1.82, 2.24) is 19.9 Å². The Morgan fingerprint density at radius 2 is 1.81 bits per heavy atom. The van der Waals surface area contributed by atoms with E-state index in [1.54, 1.807) is 13.1 Å². The van der Waals surface area contributed by atoms with Crippen LogP contribution in [0.2, 0.25) is 5.28 Å². The molecule has 0 aromatic carbocycles. The lowest BCUT2D eigenvalue weighted by atomic mass is 9.34. The summed E-state index contributed by atoms with van der Waals surface area (Å²) in [6, 6.07) is 0. The summed E-state index contributed by atoms with van der Waals surface area (Å²) >= 11 is 5.89. The van der Waals surface area contributed by atoms with Gasteiger partial charge in [0.05, 0.1) is 16.8 Å². The van der Waals surface area contributed by atoms with E-state index in [1.165, 1.54) is 0 Å². The first kappa shape index (κ1) is 13.2. The fourth-order valence-electron chi connectivity index (χ4n) is 3.68. The number of hydrogen-bond acceptors (Lipinski definition) is 4. The minimum atomic E-state index is -4.15. The molecule has 0 spiro atoms. The van der Waals surface area contributed by atoms with Crippen LogP contribution in [0.1, 0.15) is 30.7 Å². The molecule has 3 saturated carbocycles. The molecule has 110 valence electrons. The van der Waals surface area contributed by atoms with Crippen LogP contribution in [0.3, 0.4) is 0 Å². The Kier molecular flexibility index (Phi) is 2.28. The van der Waals surface area contributed by atoms with Crippen molar-refractivity contribution in [2.45, 2.75) is 37.8 Å². The van der Waals surface area contributed by atoms with Gasteiger partial charge in [0.25, 0.3) is 0 Å². The second-order valence-electron chi connectivity index (χ2n) is 6.11. The predicted octanol–water partition coefficient (Wildman–Crippen LogP) is 3.37. The lowest BCUT2D eigenvalue weighted by Crippen LogP contribution is -2.70. The third-order valence-electron chi connectivity index (χ3n) is 4.64. The number of hydrogen-bond donors (Lipinski definition) is 0. The first-order valence-corrected chi connectivity index (χ1v) is 6.87. The zero-order valence-corrected chi connectivity index (χ0v) is 11.8. The zero-order chi connectivity index (χ0) is 15.0. The summed E-state index contributed by atoms with van der Waals surface area (Å²) in [5.41, 5.74) is -0.112. The molecule has 0 saturated heterocycles. The fraction of sp³-hybridized carbons (Fsp3) is 0.538. The molecule has 2 aromatic heterocycles. The molecule has 2 bridgehead atoms. The van der Waals surface area contributed by atoms with Gasteiger partial charge in [0, 0.05) is 11.6 Å². The normalized spacial score (nSPS) is 30.9. The van der Waals surface area contributed by atoms with E-state index in [4.69, 9.17) is 11.6 Å². The molecule has 0 N–H and O–H groups in total. The maximum Gasteiger partial charge on any atom is 0.394 e. The molecule has 0 aliphatic heterocycles. The van der Waals surface area contributed by atoms with Crippen molar-refractivity contribution in [1.29, 1.82) is 0 Å². The van der Waals surface area contributed by atoms with Crippen LogP contribution in [0.25, 0.3) is 11.2 Å². The van der Waals surface area contributed by atoms with E-state index in [2.05, 4.69) is 19.9 Å². The largest absolute Gasteiger partial charge is 0.394 e. The van der Waals surface area contributed by atoms with E-state index in [-0.39, 0.29) is 24.5 Å². The van der Waals surface area contributed by atoms with E-state index >= 15 is 0 Å². The highest BCUT2D eigenvalue weighted by molar-refractivity contribution is 6.28. The monoisotopic (exact) mass is 314 g/mol. The minimum Gasteiger partial charge on any atom is -0.249 e. The number of halogens is 4. The summed E-state index contributed by atoms with van der Waals surface area (Å²) in [5.74, 6) is 0. The molecule has 3 aliphatic rings. The van der Waals surface area contributed by atoms with Gasteiger partial charge in [-0.2, -0.15) is 18.2 Å². The lowest BCUT2D eigenvalue weighted by molar-refractivity contribution is -0.337. The highest BCUT2D eigenvalue weighted by Gasteiger charge is 2.79. The highest BCUT2D eigenvalue weighted by Crippen LogP contribution is 2.78. The third kappa shape index (κ3) is 1.58. The van der Waals surface area contributed by atoms with E-state index in [9.17, 15) is 13.2 Å². The Hall–Kier alpha value is -1.50. The van der Waals surface area contributed by atoms with E-state index in [0.29, 0.717) is 22.6 Å². The van der Waals surface area contributed by atoms with Crippen molar-refractivity contribution in [3.05, 3.63) is 22.9 Å². The van der Waals surface area contributed by atoms with Crippen molar-refractivity contribution >= 4 is 22.8 Å². The smallest absolute Gasteiger partial charge is 0.249 e. The zero-order valence-electron chi connectivity index (χ0n) is 11.0. The van der Waals surface area contributed by atoms with Gasteiger partial charge in [-0.1, -0.05) is 0 Å². The molecule has 3 aliphatic carbocycles. The molecule has 2 heterocycles. The molecule has 0 atom stereocenters. The summed E-state index contributed by atoms with van der Waals surface area (Å²) in [6.07, 6.45) is -2.41. The third-order valence-corrected chi connectivity index (χ3v) is 4.80. The van der Waals surface area contributed by atoms with Crippen LogP contribution in [-0.4, -0.2) is 26.1 Å². The number of alkyl halides is 3. The van der Waals surface area contributed by atoms with Crippen LogP contribution in [0, 0.1) is 12.3 Å². The Labute approximate surface area is 122 Å². The summed E-state index contributed by atoms with van der Waals surface area (Å²) in [4.78, 5) is 16.7. The SMILES string of the molecule is Cc1cnc2c(n1)nc(Cl)nc2[C@]12C[C@](C(F)(F)F)(C1)C2. The van der Waals surface area contributed by atoms with Crippen molar-refractivity contribution in [3.8, 4) is 0 Å². The van der Waals surface area contributed by atoms with Gasteiger partial charge in [-0.05, 0) is 37.8 Å². The average Bonchev–Trinajstić information content (AvgIpc) is 2.21. The molecule has 21 heavy (non-hydrogen) atoms. The van der Waals surface area contributed by atoms with Crippen LogP contribution in [0.4, 0.5) is 13.2 Å². The molecular formula is C13H10ClF3N4. The van der Waals surface area contributed by atoms with Crippen LogP contribution in [-0.2, 0) is 5.41 Å². The van der Waals surface area contributed by atoms with Crippen molar-refractivity contribution in [2.24, 2.45) is 5.41 Å². The highest BCUT2D eigenvalue weighted by atomic mass is 35.5. The number of rotatable bonds is 1. The second-order valence-corrected chi connectivity index (χ2v) is 6.45. The summed E-state index contributed by atoms with van der Waals surface area (Å²) < 4.78 is 38.9. The molecule has 5 rings (SSSR count). The second kappa shape index (κ2) is 3.63. The minimum absolute atomic E-state index is 0.00295. The summed E-state index contributed by atoms with van der Waals surface area (Å²) in [6.45, 7) is 1.77. The van der Waals surface area contributed by atoms with E-state index in [1.807, 2.05) is 0 Å². The quantitative estimate of drug-likeness (QED) is 0.757. The van der Waals surface area contributed by atoms with E-state index in [0.717, 1.165) is 0 Å². The molecule has 2 aromatic rings. The number of aromatic nitrogens is 4. The molecule has 0 radical (unpaired) electrons. The first-order chi connectivity index (χ1) is 9.75. The number of fused-ring (bicyclic) bond motifs is 1. The van der Waals surface area contributed by atoms with Gasteiger partial charge in [-0.25, -0.2) is 15.0 Å². The topological polar surface area (TPSA) is 51.6 Å². The van der Waals surface area contributed by atoms with E-state index < -0.39 is 17.0 Å². The maximum atomic E-state index is 13.0. The lowest BCUT2D eigenvalue weighted by Gasteiger charge is -2.70. The molecule has 4 nitrogen and oxygen atoms in total. The average molecular weight is 315 g/mol. The molecule has 8 heteroatoms. The summed E-state index contributed by atoms with van der Waals surface area (Å²) in [5, 5.41) is 0.00295. The molecule has 0 unspecified atom stereocenters. The first-order valence-electron chi connectivity index (χ1n) is 6.49. The van der Waals surface area contributed by atoms with Gasteiger partial charge < -0.3 is 0 Å². The Bertz CT molecular complexity index is 749. The van der Waals surface area contributed by atoms with Gasteiger partial charge in [-0.3, -0.25) is 0 Å². The van der Waals surface area contributed by atoms with Gasteiger partial charge in [-0.15, -0.1) is 0 Å². The number of nitrogens with zero attached hydrogens (tertiary/aromatic N) is 4. The maximum absolute atomic E-state index is 13.0. The molecule has 3 fully saturated rings. The Morgan fingerprint density at radius 3 is 2.43 bits per heavy atom. The molecular weight excluding hydrogens is 305 g/mol. The van der Waals surface area contributed by atoms with Crippen LogP contribution in [0.15, 0.2) is 6.20 Å². The molecule has 0 amide bonds. The summed E-state index contributed by atoms with van der Waals surface area (Å²) in [7, 11) is 0. The van der Waals surface area contributed by atoms with Gasteiger partial charge in [0.15, 0.2) is 5.65 Å². The van der Waals surface area contributed by atoms with Gasteiger partial charge >= 0.3 is 6.18 Å². The van der Waals surface area contributed by atoms with Gasteiger partial charge in [0.1, 0.15) is 5.52 Å². The van der Waals surface area contributed by atoms with Crippen molar-refractivity contribution in [3.63, 3.8) is 0 Å². The van der Waals surface area contributed by atoms with Crippen LogP contribution >= 0.6 is 11.6 Å². The Morgan fingerprint density at radius 1 is 1.14 bits per heavy atom. The number of aryl methyl sites for hydroxylation is 1. The van der Waals surface area contributed by atoms with Crippen LogP contribution < -0.4 is 0 Å². The van der Waals surface area contributed by atoms with Gasteiger partial charge in [0.2, 0.25) is 5.28 Å². The standard InChI is InChI=1S/C13H10ClF3N4/c1-6-2-18-7-8(20-10(14)21-9(7)19-6)11-3-12(4-11,5-11)13(15,16)17/h2H,3-5H2,1H3/t11-,12+. The predicted molar refractivity (Wildman–Crippen MR) is 68.9 cm³/mol. The Balaban J connectivity index is 1.80.